The first kappa shape index (κ1) is 21.1. The minimum absolute atomic E-state index is 0.307. The van der Waals surface area contributed by atoms with Gasteiger partial charge >= 0.3 is 6.01 Å². The predicted molar refractivity (Wildman–Crippen MR) is 123 cm³/mol. The van der Waals surface area contributed by atoms with Crippen LogP contribution in [0.15, 0.2) is 42.9 Å². The summed E-state index contributed by atoms with van der Waals surface area (Å²) in [6, 6.07) is 8.97. The molecule has 1 saturated heterocycles. The van der Waals surface area contributed by atoms with Gasteiger partial charge in [0, 0.05) is 38.1 Å². The maximum Gasteiger partial charge on any atom is 0.324 e. The predicted octanol–water partition coefficient (Wildman–Crippen LogP) is 4.25. The van der Waals surface area contributed by atoms with Gasteiger partial charge in [0.05, 0.1) is 11.9 Å². The first-order valence-corrected chi connectivity index (χ1v) is 10.7. The average molecular weight is 419 g/mol. The van der Waals surface area contributed by atoms with Gasteiger partial charge in [0.25, 0.3) is 0 Å². The summed E-state index contributed by atoms with van der Waals surface area (Å²) in [5.74, 6) is 1.44. The van der Waals surface area contributed by atoms with Crippen molar-refractivity contribution in [1.82, 2.24) is 19.9 Å². The van der Waals surface area contributed by atoms with Crippen molar-refractivity contribution in [2.24, 2.45) is 0 Å². The number of likely N-dealkylation sites (tertiary alicyclic amines) is 1. The van der Waals surface area contributed by atoms with Crippen LogP contribution in [0.4, 0.5) is 11.5 Å². The summed E-state index contributed by atoms with van der Waals surface area (Å²) in [6.45, 7) is 9.15. The lowest BCUT2D eigenvalue weighted by atomic mass is 10.0. The number of rotatable bonds is 6. The maximum absolute atomic E-state index is 6.15. The summed E-state index contributed by atoms with van der Waals surface area (Å²) in [5, 5.41) is 3.51. The zero-order valence-corrected chi connectivity index (χ0v) is 18.4. The molecule has 3 aromatic rings. The van der Waals surface area contributed by atoms with Gasteiger partial charge in [-0.3, -0.25) is 9.88 Å². The van der Waals surface area contributed by atoms with E-state index >= 15 is 0 Å². The van der Waals surface area contributed by atoms with Crippen LogP contribution in [0, 0.1) is 20.8 Å². The molecule has 1 aliphatic heterocycles. The van der Waals surface area contributed by atoms with E-state index in [0.717, 1.165) is 49.4 Å². The van der Waals surface area contributed by atoms with Crippen LogP contribution >= 0.6 is 0 Å². The fourth-order valence-corrected chi connectivity index (χ4v) is 4.13. The van der Waals surface area contributed by atoms with Crippen LogP contribution in [-0.2, 0) is 6.54 Å². The monoisotopic (exact) mass is 418 g/mol. The van der Waals surface area contributed by atoms with Crippen LogP contribution in [-0.4, -0.2) is 39.0 Å². The molecule has 0 unspecified atom stereocenters. The topological polar surface area (TPSA) is 89.2 Å². The van der Waals surface area contributed by atoms with Crippen molar-refractivity contribution >= 4 is 11.5 Å². The Morgan fingerprint density at radius 2 is 1.77 bits per heavy atom. The summed E-state index contributed by atoms with van der Waals surface area (Å²) in [6.07, 6.45) is 7.37. The lowest BCUT2D eigenvalue weighted by Crippen LogP contribution is -2.38. The van der Waals surface area contributed by atoms with E-state index in [1.807, 2.05) is 26.2 Å². The highest BCUT2D eigenvalue weighted by Gasteiger charge is 2.21. The second-order valence-corrected chi connectivity index (χ2v) is 8.34. The molecule has 0 saturated carbocycles. The van der Waals surface area contributed by atoms with Crippen LogP contribution in [0.3, 0.4) is 0 Å². The van der Waals surface area contributed by atoms with Gasteiger partial charge in [-0.15, -0.1) is 0 Å². The molecule has 1 fully saturated rings. The first-order chi connectivity index (χ1) is 15.0. The van der Waals surface area contributed by atoms with Crippen LogP contribution in [0.2, 0.25) is 0 Å². The van der Waals surface area contributed by atoms with E-state index in [-0.39, 0.29) is 0 Å². The number of anilines is 2. The smallest absolute Gasteiger partial charge is 0.324 e. The molecule has 0 bridgehead atoms. The third kappa shape index (κ3) is 5.30. The molecule has 0 aliphatic carbocycles. The van der Waals surface area contributed by atoms with E-state index in [1.54, 1.807) is 6.20 Å². The molecule has 0 amide bonds. The van der Waals surface area contributed by atoms with Gasteiger partial charge in [-0.25, -0.2) is 4.98 Å². The Morgan fingerprint density at radius 1 is 1.10 bits per heavy atom. The molecule has 7 nitrogen and oxygen atoms in total. The Kier molecular flexibility index (Phi) is 6.32. The number of benzene rings is 1. The van der Waals surface area contributed by atoms with Crippen LogP contribution in [0.5, 0.6) is 11.8 Å². The third-order valence-corrected chi connectivity index (χ3v) is 5.68. The van der Waals surface area contributed by atoms with E-state index in [0.29, 0.717) is 23.6 Å². The molecule has 7 heteroatoms. The van der Waals surface area contributed by atoms with Crippen molar-refractivity contribution in [3.05, 3.63) is 65.1 Å². The average Bonchev–Trinajstić information content (AvgIpc) is 2.75. The maximum atomic E-state index is 6.15. The Balaban J connectivity index is 1.38. The van der Waals surface area contributed by atoms with Crippen molar-refractivity contribution in [3.63, 3.8) is 0 Å². The second kappa shape index (κ2) is 9.31. The van der Waals surface area contributed by atoms with Gasteiger partial charge in [0.15, 0.2) is 5.82 Å². The summed E-state index contributed by atoms with van der Waals surface area (Å²) >= 11 is 0. The van der Waals surface area contributed by atoms with Crippen molar-refractivity contribution in [2.75, 3.05) is 24.1 Å². The lowest BCUT2D eigenvalue weighted by molar-refractivity contribution is 0.211. The molecule has 2 aromatic heterocycles. The van der Waals surface area contributed by atoms with Gasteiger partial charge < -0.3 is 15.8 Å². The third-order valence-electron chi connectivity index (χ3n) is 5.68. The molecule has 1 aliphatic rings. The summed E-state index contributed by atoms with van der Waals surface area (Å²) in [5.41, 5.74) is 11.3. The minimum atomic E-state index is 0.307. The lowest BCUT2D eigenvalue weighted by Gasteiger charge is -2.32. The number of pyridine rings is 1. The summed E-state index contributed by atoms with van der Waals surface area (Å²) < 4.78 is 6.03. The van der Waals surface area contributed by atoms with Gasteiger partial charge in [-0.2, -0.15) is 4.98 Å². The van der Waals surface area contributed by atoms with Gasteiger partial charge in [0.2, 0.25) is 0 Å². The molecule has 0 atom stereocenters. The van der Waals surface area contributed by atoms with Crippen molar-refractivity contribution in [2.45, 2.75) is 46.2 Å². The number of aromatic nitrogens is 3. The number of nitrogens with zero attached hydrogens (tertiary/aromatic N) is 4. The van der Waals surface area contributed by atoms with E-state index < -0.39 is 0 Å². The fraction of sp³-hybridized carbons (Fsp3) is 0.375. The molecule has 1 aromatic carbocycles. The second-order valence-electron chi connectivity index (χ2n) is 8.34. The molecule has 0 spiro atoms. The first-order valence-electron chi connectivity index (χ1n) is 10.7. The highest BCUT2D eigenvalue weighted by atomic mass is 16.5. The van der Waals surface area contributed by atoms with Crippen LogP contribution in [0.25, 0.3) is 0 Å². The zero-order chi connectivity index (χ0) is 21.8. The number of nitrogen functional groups attached to an aromatic ring is 1. The van der Waals surface area contributed by atoms with Crippen molar-refractivity contribution < 1.29 is 4.74 Å². The minimum Gasteiger partial charge on any atom is -0.424 e. The number of hydrogen-bond donors (Lipinski definition) is 2. The Labute approximate surface area is 183 Å². The number of ether oxygens (including phenoxy) is 1. The Bertz CT molecular complexity index is 1010. The van der Waals surface area contributed by atoms with E-state index in [1.165, 1.54) is 11.1 Å². The molecule has 3 N–H and O–H groups in total. The zero-order valence-electron chi connectivity index (χ0n) is 18.4. The standard InChI is InChI=1S/C24H30N6O/c1-16-12-17(2)22(18(3)13-16)31-24-27-14-21(25)23(29-24)28-20-6-10-30(11-7-20)15-19-4-8-26-9-5-19/h4-5,8-9,12-14,20H,6-7,10-11,15,25H2,1-3H3,(H,27,28,29). The number of piperidine rings is 1. The Hall–Kier alpha value is -3.19. The van der Waals surface area contributed by atoms with Gasteiger partial charge in [0.1, 0.15) is 5.75 Å². The van der Waals surface area contributed by atoms with Crippen molar-refractivity contribution in [3.8, 4) is 11.8 Å². The van der Waals surface area contributed by atoms with Gasteiger partial charge in [-0.1, -0.05) is 17.7 Å². The molecule has 162 valence electrons. The molecule has 4 rings (SSSR count). The van der Waals surface area contributed by atoms with E-state index in [9.17, 15) is 0 Å². The summed E-state index contributed by atoms with van der Waals surface area (Å²) in [4.78, 5) is 15.4. The molecular weight excluding hydrogens is 388 g/mol. The molecular formula is C24H30N6O. The number of nitrogens with one attached hydrogen (secondary N) is 1. The summed E-state index contributed by atoms with van der Waals surface area (Å²) in [7, 11) is 0. The van der Waals surface area contributed by atoms with Crippen LogP contribution < -0.4 is 15.8 Å². The molecule has 0 radical (unpaired) electrons. The molecule has 31 heavy (non-hydrogen) atoms. The Morgan fingerprint density at radius 3 is 2.45 bits per heavy atom. The highest BCUT2D eigenvalue weighted by molar-refractivity contribution is 5.60. The normalized spacial score (nSPS) is 15.1. The number of nitrogens with two attached hydrogens (primary N) is 1. The van der Waals surface area contributed by atoms with Crippen molar-refractivity contribution in [1.29, 1.82) is 0 Å². The molecule has 3 heterocycles. The van der Waals surface area contributed by atoms with E-state index in [4.69, 9.17) is 10.5 Å². The van der Waals surface area contributed by atoms with Gasteiger partial charge in [-0.05, 0) is 62.4 Å². The number of aryl methyl sites for hydroxylation is 3. The fourth-order valence-electron chi connectivity index (χ4n) is 4.13. The quantitative estimate of drug-likeness (QED) is 0.618. The van der Waals surface area contributed by atoms with Crippen LogP contribution in [0.1, 0.15) is 35.1 Å². The largest absolute Gasteiger partial charge is 0.424 e. The SMILES string of the molecule is Cc1cc(C)c(Oc2ncc(N)c(NC3CCN(Cc4ccncc4)CC3)n2)c(C)c1. The van der Waals surface area contributed by atoms with E-state index in [2.05, 4.69) is 56.4 Å². The number of hydrogen-bond acceptors (Lipinski definition) is 7. The highest BCUT2D eigenvalue weighted by Crippen LogP contribution is 2.30.